The van der Waals surface area contributed by atoms with Crippen molar-refractivity contribution < 1.29 is 0 Å². The van der Waals surface area contributed by atoms with E-state index in [2.05, 4.69) is 41.9 Å². The highest BCUT2D eigenvalue weighted by Crippen LogP contribution is 2.09. The van der Waals surface area contributed by atoms with Gasteiger partial charge in [-0.2, -0.15) is 5.10 Å². The standard InChI is InChI=1S/C10H19N3/c1-5-11-7-10(4)13-9(3)6-8(2)12-13/h6,10-11H,5,7H2,1-4H3. The van der Waals surface area contributed by atoms with Crippen molar-refractivity contribution in [1.29, 1.82) is 0 Å². The molecule has 3 heteroatoms. The number of aromatic nitrogens is 2. The molecule has 0 bridgehead atoms. The summed E-state index contributed by atoms with van der Waals surface area (Å²) in [6.07, 6.45) is 0. The zero-order valence-corrected chi connectivity index (χ0v) is 8.96. The maximum absolute atomic E-state index is 4.44. The maximum Gasteiger partial charge on any atom is 0.0618 e. The number of likely N-dealkylation sites (N-methyl/N-ethyl adjacent to an activating group) is 1. The zero-order valence-electron chi connectivity index (χ0n) is 8.96. The molecule has 0 aliphatic rings. The van der Waals surface area contributed by atoms with E-state index < -0.39 is 0 Å². The molecule has 1 unspecified atom stereocenters. The van der Waals surface area contributed by atoms with Crippen molar-refractivity contribution in [2.45, 2.75) is 33.7 Å². The SMILES string of the molecule is CCNCC(C)n1nc(C)cc1C. The molecule has 1 aromatic rings. The second-order valence-corrected chi connectivity index (χ2v) is 3.53. The van der Waals surface area contributed by atoms with Gasteiger partial charge >= 0.3 is 0 Å². The van der Waals surface area contributed by atoms with E-state index in [4.69, 9.17) is 0 Å². The molecule has 13 heavy (non-hydrogen) atoms. The molecule has 1 N–H and O–H groups in total. The van der Waals surface area contributed by atoms with E-state index in [1.54, 1.807) is 0 Å². The van der Waals surface area contributed by atoms with E-state index in [0.29, 0.717) is 6.04 Å². The molecule has 0 spiro atoms. The van der Waals surface area contributed by atoms with Crippen molar-refractivity contribution in [3.05, 3.63) is 17.5 Å². The van der Waals surface area contributed by atoms with Gasteiger partial charge in [-0.3, -0.25) is 4.68 Å². The lowest BCUT2D eigenvalue weighted by molar-refractivity contribution is 0.449. The summed E-state index contributed by atoms with van der Waals surface area (Å²) in [6, 6.07) is 2.55. The second-order valence-electron chi connectivity index (χ2n) is 3.53. The quantitative estimate of drug-likeness (QED) is 0.765. The first kappa shape index (κ1) is 10.3. The van der Waals surface area contributed by atoms with Crippen LogP contribution in [-0.4, -0.2) is 22.9 Å². The number of hydrogen-bond donors (Lipinski definition) is 1. The Bertz CT molecular complexity index is 265. The number of aryl methyl sites for hydroxylation is 2. The Kier molecular flexibility index (Phi) is 3.48. The monoisotopic (exact) mass is 181 g/mol. The Hall–Kier alpha value is -0.830. The van der Waals surface area contributed by atoms with Crippen LogP contribution in [-0.2, 0) is 0 Å². The van der Waals surface area contributed by atoms with Crippen LogP contribution in [0.1, 0.15) is 31.3 Å². The minimum absolute atomic E-state index is 0.439. The first-order chi connectivity index (χ1) is 6.15. The Morgan fingerprint density at radius 3 is 2.69 bits per heavy atom. The minimum Gasteiger partial charge on any atom is -0.315 e. The molecule has 3 nitrogen and oxygen atoms in total. The topological polar surface area (TPSA) is 29.9 Å². The van der Waals surface area contributed by atoms with Crippen LogP contribution in [0.25, 0.3) is 0 Å². The van der Waals surface area contributed by atoms with Gasteiger partial charge < -0.3 is 5.32 Å². The van der Waals surface area contributed by atoms with Crippen molar-refractivity contribution in [3.63, 3.8) is 0 Å². The molecule has 0 radical (unpaired) electrons. The maximum atomic E-state index is 4.44. The summed E-state index contributed by atoms with van der Waals surface area (Å²) >= 11 is 0. The summed E-state index contributed by atoms with van der Waals surface area (Å²) in [5.41, 5.74) is 2.34. The molecular formula is C10H19N3. The highest BCUT2D eigenvalue weighted by Gasteiger charge is 2.07. The third kappa shape index (κ3) is 2.56. The van der Waals surface area contributed by atoms with Gasteiger partial charge in [-0.15, -0.1) is 0 Å². The minimum atomic E-state index is 0.439. The predicted octanol–water partition coefficient (Wildman–Crippen LogP) is 1.67. The van der Waals surface area contributed by atoms with Crippen molar-refractivity contribution >= 4 is 0 Å². The van der Waals surface area contributed by atoms with E-state index in [1.807, 2.05) is 6.92 Å². The summed E-state index contributed by atoms with van der Waals surface area (Å²) in [4.78, 5) is 0. The molecule has 1 atom stereocenters. The molecule has 0 fully saturated rings. The second kappa shape index (κ2) is 4.42. The van der Waals surface area contributed by atoms with Gasteiger partial charge in [0, 0.05) is 12.2 Å². The normalized spacial score (nSPS) is 13.2. The molecule has 1 aromatic heterocycles. The predicted molar refractivity (Wildman–Crippen MR) is 55.0 cm³/mol. The fraction of sp³-hybridized carbons (Fsp3) is 0.700. The van der Waals surface area contributed by atoms with Gasteiger partial charge in [0.2, 0.25) is 0 Å². The van der Waals surface area contributed by atoms with Crippen LogP contribution in [0.3, 0.4) is 0 Å². The molecule has 0 saturated heterocycles. The summed E-state index contributed by atoms with van der Waals surface area (Å²) in [5, 5.41) is 7.76. The molecule has 74 valence electrons. The molecular weight excluding hydrogens is 162 g/mol. The van der Waals surface area contributed by atoms with Gasteiger partial charge in [0.05, 0.1) is 11.7 Å². The summed E-state index contributed by atoms with van der Waals surface area (Å²) in [6.45, 7) is 10.4. The zero-order chi connectivity index (χ0) is 9.84. The fourth-order valence-electron chi connectivity index (χ4n) is 1.53. The smallest absolute Gasteiger partial charge is 0.0618 e. The lowest BCUT2D eigenvalue weighted by atomic mass is 10.3. The molecule has 0 amide bonds. The Balaban J connectivity index is 2.64. The first-order valence-electron chi connectivity index (χ1n) is 4.88. The van der Waals surface area contributed by atoms with Crippen molar-refractivity contribution in [1.82, 2.24) is 15.1 Å². The van der Waals surface area contributed by atoms with Crippen LogP contribution in [0, 0.1) is 13.8 Å². The van der Waals surface area contributed by atoms with Crippen molar-refractivity contribution in [2.24, 2.45) is 0 Å². The summed E-state index contributed by atoms with van der Waals surface area (Å²) in [7, 11) is 0. The van der Waals surface area contributed by atoms with Gasteiger partial charge in [-0.25, -0.2) is 0 Å². The van der Waals surface area contributed by atoms with E-state index in [9.17, 15) is 0 Å². The third-order valence-corrected chi connectivity index (χ3v) is 2.15. The Morgan fingerprint density at radius 2 is 2.23 bits per heavy atom. The molecule has 1 heterocycles. The van der Waals surface area contributed by atoms with E-state index >= 15 is 0 Å². The Labute approximate surface area is 80.1 Å². The molecule has 0 aliphatic carbocycles. The van der Waals surface area contributed by atoms with Gasteiger partial charge in [0.15, 0.2) is 0 Å². The van der Waals surface area contributed by atoms with Gasteiger partial charge in [-0.05, 0) is 33.4 Å². The van der Waals surface area contributed by atoms with Gasteiger partial charge in [-0.1, -0.05) is 6.92 Å². The number of nitrogens with one attached hydrogen (secondary N) is 1. The van der Waals surface area contributed by atoms with Crippen molar-refractivity contribution in [3.8, 4) is 0 Å². The first-order valence-corrected chi connectivity index (χ1v) is 4.88. The summed E-state index contributed by atoms with van der Waals surface area (Å²) < 4.78 is 2.08. The van der Waals surface area contributed by atoms with Crippen LogP contribution < -0.4 is 5.32 Å². The largest absolute Gasteiger partial charge is 0.315 e. The highest BCUT2D eigenvalue weighted by molar-refractivity contribution is 5.07. The molecule has 1 rings (SSSR count). The molecule has 0 aliphatic heterocycles. The van der Waals surface area contributed by atoms with Crippen LogP contribution in [0.15, 0.2) is 6.07 Å². The van der Waals surface area contributed by atoms with E-state index in [-0.39, 0.29) is 0 Å². The van der Waals surface area contributed by atoms with Crippen LogP contribution in [0.2, 0.25) is 0 Å². The fourth-order valence-corrected chi connectivity index (χ4v) is 1.53. The average molecular weight is 181 g/mol. The van der Waals surface area contributed by atoms with Crippen LogP contribution in [0.5, 0.6) is 0 Å². The highest BCUT2D eigenvalue weighted by atomic mass is 15.3. The van der Waals surface area contributed by atoms with E-state index in [0.717, 1.165) is 18.8 Å². The third-order valence-electron chi connectivity index (χ3n) is 2.15. The lowest BCUT2D eigenvalue weighted by Gasteiger charge is -2.14. The van der Waals surface area contributed by atoms with E-state index in [1.165, 1.54) is 5.69 Å². The van der Waals surface area contributed by atoms with Crippen molar-refractivity contribution in [2.75, 3.05) is 13.1 Å². The number of hydrogen-bond acceptors (Lipinski definition) is 2. The van der Waals surface area contributed by atoms with Gasteiger partial charge in [0.1, 0.15) is 0 Å². The Morgan fingerprint density at radius 1 is 1.54 bits per heavy atom. The lowest BCUT2D eigenvalue weighted by Crippen LogP contribution is -2.24. The molecule has 0 aromatic carbocycles. The van der Waals surface area contributed by atoms with Gasteiger partial charge in [0.25, 0.3) is 0 Å². The van der Waals surface area contributed by atoms with Crippen LogP contribution in [0.4, 0.5) is 0 Å². The van der Waals surface area contributed by atoms with Crippen LogP contribution >= 0.6 is 0 Å². The average Bonchev–Trinajstić information content (AvgIpc) is 2.41. The molecule has 0 saturated carbocycles. The summed E-state index contributed by atoms with van der Waals surface area (Å²) in [5.74, 6) is 0. The number of nitrogens with zero attached hydrogens (tertiary/aromatic N) is 2. The number of rotatable bonds is 4.